The molecule has 3 aromatic rings. The molecule has 0 radical (unpaired) electrons. The summed E-state index contributed by atoms with van der Waals surface area (Å²) >= 11 is 1.68. The maximum Gasteiger partial charge on any atom is 0.313 e. The molecule has 1 aliphatic rings. The van der Waals surface area contributed by atoms with Gasteiger partial charge >= 0.3 is 11.8 Å². The minimum Gasteiger partial charge on any atom is -0.346 e. The number of benzene rings is 2. The fourth-order valence-electron chi connectivity index (χ4n) is 4.49. The molecular formula is C26H29N3O2S. The van der Waals surface area contributed by atoms with Gasteiger partial charge in [0.05, 0.1) is 6.04 Å². The summed E-state index contributed by atoms with van der Waals surface area (Å²) in [6.07, 6.45) is 0.985. The third-order valence-electron chi connectivity index (χ3n) is 6.05. The van der Waals surface area contributed by atoms with Gasteiger partial charge in [0.25, 0.3) is 0 Å². The fourth-order valence-corrected chi connectivity index (χ4v) is 5.35. The van der Waals surface area contributed by atoms with E-state index in [0.717, 1.165) is 36.2 Å². The van der Waals surface area contributed by atoms with Gasteiger partial charge in [-0.3, -0.25) is 14.5 Å². The number of fused-ring (bicyclic) bond motifs is 1. The Kier molecular flexibility index (Phi) is 6.72. The molecule has 166 valence electrons. The average Bonchev–Trinajstić information content (AvgIpc) is 3.30. The summed E-state index contributed by atoms with van der Waals surface area (Å²) in [5.74, 6) is -1.24. The van der Waals surface area contributed by atoms with E-state index >= 15 is 0 Å². The van der Waals surface area contributed by atoms with Gasteiger partial charge < -0.3 is 10.6 Å². The first-order valence-corrected chi connectivity index (χ1v) is 11.8. The summed E-state index contributed by atoms with van der Waals surface area (Å²) in [6.45, 7) is 8.04. The predicted molar refractivity (Wildman–Crippen MR) is 130 cm³/mol. The molecule has 0 fully saturated rings. The number of anilines is 1. The molecule has 4 rings (SSSR count). The summed E-state index contributed by atoms with van der Waals surface area (Å²) < 4.78 is 0. The number of carbonyl (C=O) groups is 2. The molecular weight excluding hydrogens is 418 g/mol. The molecule has 2 heterocycles. The van der Waals surface area contributed by atoms with Crippen molar-refractivity contribution in [3.8, 4) is 0 Å². The maximum atomic E-state index is 12.7. The summed E-state index contributed by atoms with van der Waals surface area (Å²) in [7, 11) is 0. The third kappa shape index (κ3) is 4.92. The van der Waals surface area contributed by atoms with Crippen molar-refractivity contribution in [1.29, 1.82) is 0 Å². The van der Waals surface area contributed by atoms with Gasteiger partial charge in [0.15, 0.2) is 0 Å². The van der Waals surface area contributed by atoms with Crippen LogP contribution in [0.25, 0.3) is 0 Å². The summed E-state index contributed by atoms with van der Waals surface area (Å²) in [5.41, 5.74) is 6.46. The van der Waals surface area contributed by atoms with E-state index in [1.54, 1.807) is 11.3 Å². The Hall–Kier alpha value is -2.96. The van der Waals surface area contributed by atoms with E-state index in [1.165, 1.54) is 16.0 Å². The van der Waals surface area contributed by atoms with Crippen molar-refractivity contribution < 1.29 is 9.59 Å². The summed E-state index contributed by atoms with van der Waals surface area (Å²) in [6, 6.07) is 16.7. The van der Waals surface area contributed by atoms with Crippen molar-refractivity contribution >= 4 is 28.8 Å². The Bertz CT molecular complexity index is 1100. The van der Waals surface area contributed by atoms with Gasteiger partial charge in [-0.15, -0.1) is 11.3 Å². The lowest BCUT2D eigenvalue weighted by atomic mass is 9.98. The molecule has 1 atom stereocenters. The number of thiophene rings is 1. The summed E-state index contributed by atoms with van der Waals surface area (Å²) in [4.78, 5) is 28.8. The predicted octanol–water partition coefficient (Wildman–Crippen LogP) is 4.53. The highest BCUT2D eigenvalue weighted by atomic mass is 32.1. The van der Waals surface area contributed by atoms with Gasteiger partial charge in [0.2, 0.25) is 0 Å². The van der Waals surface area contributed by atoms with Crippen molar-refractivity contribution in [3.05, 3.63) is 86.6 Å². The van der Waals surface area contributed by atoms with Gasteiger partial charge in [-0.25, -0.2) is 0 Å². The standard InChI is InChI=1S/C26H29N3O2S/c1-17-13-18(2)24(19(3)14-17)28-26(31)25(30)27-15-22(23-9-6-12-32-23)29-11-10-20-7-4-5-8-21(20)16-29/h4-9,12-14,22H,10-11,15-16H2,1-3H3,(H,27,30)(H,28,31). The molecule has 6 heteroatoms. The Morgan fingerprint density at radius 2 is 1.72 bits per heavy atom. The largest absolute Gasteiger partial charge is 0.346 e. The van der Waals surface area contributed by atoms with Crippen molar-refractivity contribution in [2.45, 2.75) is 39.8 Å². The first kappa shape index (κ1) is 22.2. The zero-order valence-corrected chi connectivity index (χ0v) is 19.6. The first-order valence-electron chi connectivity index (χ1n) is 10.9. The second-order valence-electron chi connectivity index (χ2n) is 8.46. The molecule has 1 aromatic heterocycles. The quantitative estimate of drug-likeness (QED) is 0.565. The molecule has 1 unspecified atom stereocenters. The first-order chi connectivity index (χ1) is 15.4. The summed E-state index contributed by atoms with van der Waals surface area (Å²) in [5, 5.41) is 7.72. The monoisotopic (exact) mass is 447 g/mol. The van der Waals surface area contributed by atoms with Gasteiger partial charge in [0, 0.05) is 30.2 Å². The van der Waals surface area contributed by atoms with Gasteiger partial charge in [0.1, 0.15) is 0 Å². The lowest BCUT2D eigenvalue weighted by Gasteiger charge is -2.35. The highest BCUT2D eigenvalue weighted by molar-refractivity contribution is 7.10. The Balaban J connectivity index is 1.44. The van der Waals surface area contributed by atoms with E-state index in [2.05, 4.69) is 51.2 Å². The van der Waals surface area contributed by atoms with Crippen LogP contribution in [-0.4, -0.2) is 29.8 Å². The number of nitrogens with one attached hydrogen (secondary N) is 2. The fraction of sp³-hybridized carbons (Fsp3) is 0.308. The topological polar surface area (TPSA) is 61.4 Å². The Morgan fingerprint density at radius 1 is 1.00 bits per heavy atom. The molecule has 5 nitrogen and oxygen atoms in total. The number of hydrogen-bond acceptors (Lipinski definition) is 4. The molecule has 0 saturated carbocycles. The van der Waals surface area contributed by atoms with Crippen LogP contribution in [0.3, 0.4) is 0 Å². The van der Waals surface area contributed by atoms with Crippen LogP contribution < -0.4 is 10.6 Å². The van der Waals surface area contributed by atoms with E-state index in [0.29, 0.717) is 12.2 Å². The molecule has 0 aliphatic carbocycles. The molecule has 2 amide bonds. The number of nitrogens with zero attached hydrogens (tertiary/aromatic N) is 1. The van der Waals surface area contributed by atoms with Crippen LogP contribution in [0.2, 0.25) is 0 Å². The SMILES string of the molecule is Cc1cc(C)c(NC(=O)C(=O)NCC(c2cccs2)N2CCc3ccccc3C2)c(C)c1. The second kappa shape index (κ2) is 9.67. The Labute approximate surface area is 193 Å². The van der Waals surface area contributed by atoms with E-state index in [9.17, 15) is 9.59 Å². The number of carbonyl (C=O) groups excluding carboxylic acids is 2. The highest BCUT2D eigenvalue weighted by Gasteiger charge is 2.27. The normalized spacial score (nSPS) is 14.5. The molecule has 32 heavy (non-hydrogen) atoms. The molecule has 2 N–H and O–H groups in total. The average molecular weight is 448 g/mol. The molecule has 2 aromatic carbocycles. The number of amides is 2. The van der Waals surface area contributed by atoms with Crippen molar-refractivity contribution in [2.24, 2.45) is 0 Å². The van der Waals surface area contributed by atoms with E-state index < -0.39 is 11.8 Å². The molecule has 0 saturated heterocycles. The maximum absolute atomic E-state index is 12.7. The number of rotatable bonds is 5. The lowest BCUT2D eigenvalue weighted by molar-refractivity contribution is -0.136. The molecule has 1 aliphatic heterocycles. The zero-order chi connectivity index (χ0) is 22.7. The van der Waals surface area contributed by atoms with E-state index in [1.807, 2.05) is 39.0 Å². The van der Waals surface area contributed by atoms with Crippen LogP contribution >= 0.6 is 11.3 Å². The zero-order valence-electron chi connectivity index (χ0n) is 18.8. The Morgan fingerprint density at radius 3 is 2.41 bits per heavy atom. The van der Waals surface area contributed by atoms with Crippen LogP contribution in [0.15, 0.2) is 53.9 Å². The van der Waals surface area contributed by atoms with Crippen LogP contribution in [0.5, 0.6) is 0 Å². The molecule has 0 bridgehead atoms. The van der Waals surface area contributed by atoms with Crippen LogP contribution in [-0.2, 0) is 22.6 Å². The lowest BCUT2D eigenvalue weighted by Crippen LogP contribution is -2.43. The van der Waals surface area contributed by atoms with E-state index in [4.69, 9.17) is 0 Å². The minimum atomic E-state index is -0.631. The van der Waals surface area contributed by atoms with Crippen molar-refractivity contribution in [1.82, 2.24) is 10.2 Å². The van der Waals surface area contributed by atoms with Gasteiger partial charge in [-0.2, -0.15) is 0 Å². The van der Waals surface area contributed by atoms with Crippen molar-refractivity contribution in [3.63, 3.8) is 0 Å². The van der Waals surface area contributed by atoms with Crippen LogP contribution in [0.4, 0.5) is 5.69 Å². The van der Waals surface area contributed by atoms with Crippen LogP contribution in [0, 0.1) is 20.8 Å². The smallest absolute Gasteiger partial charge is 0.313 e. The van der Waals surface area contributed by atoms with Crippen molar-refractivity contribution in [2.75, 3.05) is 18.4 Å². The number of aryl methyl sites for hydroxylation is 3. The van der Waals surface area contributed by atoms with E-state index in [-0.39, 0.29) is 6.04 Å². The second-order valence-corrected chi connectivity index (χ2v) is 9.44. The number of hydrogen-bond donors (Lipinski definition) is 2. The third-order valence-corrected chi connectivity index (χ3v) is 7.02. The minimum absolute atomic E-state index is 0.0305. The van der Waals surface area contributed by atoms with Crippen LogP contribution in [0.1, 0.15) is 38.7 Å². The highest BCUT2D eigenvalue weighted by Crippen LogP contribution is 2.30. The van der Waals surface area contributed by atoms with Gasteiger partial charge in [-0.1, -0.05) is 48.0 Å². The molecule has 0 spiro atoms. The van der Waals surface area contributed by atoms with Gasteiger partial charge in [-0.05, 0) is 60.9 Å².